The standard InChI is InChI=1S/C18H17N5O/c1-13-17(12-20-21-18(24)15-8-10-19-11-9-15)14(2)23(22-13)16-6-4-3-5-7-16/h3-12H,1-2H3,(H,21,24)/b20-12+. The van der Waals surface area contributed by atoms with E-state index >= 15 is 0 Å². The molecular weight excluding hydrogens is 302 g/mol. The molecular formula is C18H17N5O. The first-order valence-corrected chi connectivity index (χ1v) is 7.52. The Kier molecular flexibility index (Phi) is 4.47. The summed E-state index contributed by atoms with van der Waals surface area (Å²) in [6.45, 7) is 3.89. The van der Waals surface area contributed by atoms with Gasteiger partial charge in [-0.05, 0) is 38.1 Å². The van der Waals surface area contributed by atoms with Crippen molar-refractivity contribution in [1.82, 2.24) is 20.2 Å². The number of hydrogen-bond donors (Lipinski definition) is 1. The minimum absolute atomic E-state index is 0.278. The zero-order chi connectivity index (χ0) is 16.9. The van der Waals surface area contributed by atoms with Crippen LogP contribution < -0.4 is 5.43 Å². The Morgan fingerprint density at radius 2 is 1.83 bits per heavy atom. The molecule has 0 radical (unpaired) electrons. The van der Waals surface area contributed by atoms with Crippen LogP contribution in [0.25, 0.3) is 5.69 Å². The summed E-state index contributed by atoms with van der Waals surface area (Å²) >= 11 is 0. The smallest absolute Gasteiger partial charge is 0.267 e. The van der Waals surface area contributed by atoms with Crippen molar-refractivity contribution in [2.24, 2.45) is 5.10 Å². The second-order valence-electron chi connectivity index (χ2n) is 5.27. The molecule has 1 aromatic carbocycles. The van der Waals surface area contributed by atoms with E-state index in [9.17, 15) is 4.79 Å². The summed E-state index contributed by atoms with van der Waals surface area (Å²) in [5, 5.41) is 8.59. The topological polar surface area (TPSA) is 72.2 Å². The fourth-order valence-corrected chi connectivity index (χ4v) is 2.39. The van der Waals surface area contributed by atoms with E-state index in [4.69, 9.17) is 0 Å². The van der Waals surface area contributed by atoms with Crippen molar-refractivity contribution in [2.45, 2.75) is 13.8 Å². The third kappa shape index (κ3) is 3.22. The van der Waals surface area contributed by atoms with E-state index in [1.54, 1.807) is 30.7 Å². The van der Waals surface area contributed by atoms with Crippen molar-refractivity contribution in [3.05, 3.63) is 77.4 Å². The van der Waals surface area contributed by atoms with E-state index in [1.165, 1.54) is 0 Å². The highest BCUT2D eigenvalue weighted by atomic mass is 16.2. The second-order valence-corrected chi connectivity index (χ2v) is 5.27. The second kappa shape index (κ2) is 6.87. The van der Waals surface area contributed by atoms with Crippen LogP contribution in [0.2, 0.25) is 0 Å². The number of amides is 1. The van der Waals surface area contributed by atoms with Crippen LogP contribution in [-0.4, -0.2) is 26.9 Å². The predicted molar refractivity (Wildman–Crippen MR) is 92.3 cm³/mol. The molecule has 24 heavy (non-hydrogen) atoms. The predicted octanol–water partition coefficient (Wildman–Crippen LogP) is 2.65. The summed E-state index contributed by atoms with van der Waals surface area (Å²) in [5.41, 5.74) is 6.70. The summed E-state index contributed by atoms with van der Waals surface area (Å²) in [6, 6.07) is 13.1. The molecule has 120 valence electrons. The van der Waals surface area contributed by atoms with E-state index in [-0.39, 0.29) is 5.91 Å². The third-order valence-electron chi connectivity index (χ3n) is 3.65. The van der Waals surface area contributed by atoms with Crippen LogP contribution in [0, 0.1) is 13.8 Å². The SMILES string of the molecule is Cc1nn(-c2ccccc2)c(C)c1/C=N/NC(=O)c1ccncc1. The van der Waals surface area contributed by atoms with Crippen molar-refractivity contribution in [3.63, 3.8) is 0 Å². The number of rotatable bonds is 4. The maximum absolute atomic E-state index is 12.0. The van der Waals surface area contributed by atoms with Crippen LogP contribution in [0.4, 0.5) is 0 Å². The molecule has 1 amide bonds. The molecule has 3 rings (SSSR count). The largest absolute Gasteiger partial charge is 0.271 e. The average molecular weight is 319 g/mol. The highest BCUT2D eigenvalue weighted by Crippen LogP contribution is 2.16. The van der Waals surface area contributed by atoms with Crippen LogP contribution in [0.1, 0.15) is 27.3 Å². The highest BCUT2D eigenvalue weighted by molar-refractivity contribution is 5.94. The Morgan fingerprint density at radius 3 is 2.54 bits per heavy atom. The van der Waals surface area contributed by atoms with E-state index in [2.05, 4.69) is 20.6 Å². The normalized spacial score (nSPS) is 10.9. The zero-order valence-electron chi connectivity index (χ0n) is 13.5. The number of carbonyl (C=O) groups is 1. The van der Waals surface area contributed by atoms with Gasteiger partial charge in [-0.1, -0.05) is 18.2 Å². The first kappa shape index (κ1) is 15.6. The maximum Gasteiger partial charge on any atom is 0.271 e. The van der Waals surface area contributed by atoms with Crippen LogP contribution in [0.15, 0.2) is 60.0 Å². The first-order valence-electron chi connectivity index (χ1n) is 7.52. The summed E-state index contributed by atoms with van der Waals surface area (Å²) in [7, 11) is 0. The number of aromatic nitrogens is 3. The van der Waals surface area contributed by atoms with Crippen molar-refractivity contribution in [3.8, 4) is 5.69 Å². The van der Waals surface area contributed by atoms with Crippen LogP contribution in [-0.2, 0) is 0 Å². The van der Waals surface area contributed by atoms with Crippen LogP contribution in [0.5, 0.6) is 0 Å². The van der Waals surface area contributed by atoms with Gasteiger partial charge in [0.15, 0.2) is 0 Å². The molecule has 0 saturated heterocycles. The molecule has 0 aliphatic heterocycles. The number of hydrogen-bond acceptors (Lipinski definition) is 4. The average Bonchev–Trinajstić information content (AvgIpc) is 2.91. The van der Waals surface area contributed by atoms with Crippen molar-refractivity contribution < 1.29 is 4.79 Å². The van der Waals surface area contributed by atoms with Gasteiger partial charge in [0.2, 0.25) is 0 Å². The molecule has 0 unspecified atom stereocenters. The number of benzene rings is 1. The van der Waals surface area contributed by atoms with Gasteiger partial charge in [-0.3, -0.25) is 9.78 Å². The number of pyridine rings is 1. The van der Waals surface area contributed by atoms with Crippen LogP contribution in [0.3, 0.4) is 0 Å². The molecule has 3 aromatic rings. The van der Waals surface area contributed by atoms with Gasteiger partial charge < -0.3 is 0 Å². The molecule has 0 fully saturated rings. The molecule has 1 N–H and O–H groups in total. The van der Waals surface area contributed by atoms with Crippen molar-refractivity contribution in [1.29, 1.82) is 0 Å². The van der Waals surface area contributed by atoms with E-state index in [1.807, 2.05) is 48.9 Å². The molecule has 2 aromatic heterocycles. The molecule has 0 saturated carbocycles. The fourth-order valence-electron chi connectivity index (χ4n) is 2.39. The monoisotopic (exact) mass is 319 g/mol. The van der Waals surface area contributed by atoms with Crippen molar-refractivity contribution >= 4 is 12.1 Å². The number of nitrogens with one attached hydrogen (secondary N) is 1. The zero-order valence-corrected chi connectivity index (χ0v) is 13.5. The van der Waals surface area contributed by atoms with Gasteiger partial charge >= 0.3 is 0 Å². The minimum Gasteiger partial charge on any atom is -0.267 e. The summed E-state index contributed by atoms with van der Waals surface area (Å²) in [6.07, 6.45) is 4.75. The van der Waals surface area contributed by atoms with E-state index in [0.29, 0.717) is 5.56 Å². The number of carbonyl (C=O) groups excluding carboxylic acids is 1. The van der Waals surface area contributed by atoms with Crippen LogP contribution >= 0.6 is 0 Å². The maximum atomic E-state index is 12.0. The highest BCUT2D eigenvalue weighted by Gasteiger charge is 2.11. The van der Waals surface area contributed by atoms with Gasteiger partial charge in [0.1, 0.15) is 0 Å². The Bertz CT molecular complexity index is 869. The minimum atomic E-state index is -0.278. The molecule has 0 spiro atoms. The third-order valence-corrected chi connectivity index (χ3v) is 3.65. The fraction of sp³-hybridized carbons (Fsp3) is 0.111. The van der Waals surface area contributed by atoms with Gasteiger partial charge in [-0.2, -0.15) is 10.2 Å². The van der Waals surface area contributed by atoms with Gasteiger partial charge in [-0.15, -0.1) is 0 Å². The lowest BCUT2D eigenvalue weighted by atomic mass is 10.2. The molecule has 6 heteroatoms. The molecule has 0 aliphatic rings. The number of aryl methyl sites for hydroxylation is 1. The molecule has 0 bridgehead atoms. The van der Waals surface area contributed by atoms with Crippen molar-refractivity contribution in [2.75, 3.05) is 0 Å². The quantitative estimate of drug-likeness (QED) is 0.593. The number of nitrogens with zero attached hydrogens (tertiary/aromatic N) is 4. The molecule has 0 aliphatic carbocycles. The molecule has 6 nitrogen and oxygen atoms in total. The number of hydrazone groups is 1. The first-order chi connectivity index (χ1) is 11.7. The lowest BCUT2D eigenvalue weighted by Gasteiger charge is -2.03. The Morgan fingerprint density at radius 1 is 1.12 bits per heavy atom. The van der Waals surface area contributed by atoms with E-state index < -0.39 is 0 Å². The summed E-state index contributed by atoms with van der Waals surface area (Å²) < 4.78 is 1.86. The molecule has 0 atom stereocenters. The van der Waals surface area contributed by atoms with Gasteiger partial charge in [-0.25, -0.2) is 10.1 Å². The Labute approximate surface area is 139 Å². The van der Waals surface area contributed by atoms with Gasteiger partial charge in [0.25, 0.3) is 5.91 Å². The van der Waals surface area contributed by atoms with Gasteiger partial charge in [0, 0.05) is 23.5 Å². The lowest BCUT2D eigenvalue weighted by Crippen LogP contribution is -2.17. The Hall–Kier alpha value is -3.28. The van der Waals surface area contributed by atoms with Gasteiger partial charge in [0.05, 0.1) is 23.3 Å². The molecule has 2 heterocycles. The summed E-state index contributed by atoms with van der Waals surface area (Å²) in [4.78, 5) is 15.8. The summed E-state index contributed by atoms with van der Waals surface area (Å²) in [5.74, 6) is -0.278. The van der Waals surface area contributed by atoms with E-state index in [0.717, 1.165) is 22.6 Å². The lowest BCUT2D eigenvalue weighted by molar-refractivity contribution is 0.0955. The Balaban J connectivity index is 1.78. The number of para-hydroxylation sites is 1.